The number of unbranched alkanes of at least 4 members (excludes halogenated alkanes) is 1. The second-order valence-electron chi connectivity index (χ2n) is 3.75. The molecule has 0 spiro atoms. The summed E-state index contributed by atoms with van der Waals surface area (Å²) < 4.78 is 0. The summed E-state index contributed by atoms with van der Waals surface area (Å²) in [4.78, 5) is 23.3. The van der Waals surface area contributed by atoms with E-state index in [4.69, 9.17) is 0 Å². The summed E-state index contributed by atoms with van der Waals surface area (Å²) in [6.45, 7) is 4.43. The van der Waals surface area contributed by atoms with Gasteiger partial charge in [0.15, 0.2) is 0 Å². The number of benzene rings is 1. The molecule has 0 radical (unpaired) electrons. The number of Topliss-reactive ketones (excluding diaryl/α,β-unsaturated/α-hetero) is 1. The van der Waals surface area contributed by atoms with Crippen molar-refractivity contribution < 1.29 is 9.59 Å². The van der Waals surface area contributed by atoms with Crippen molar-refractivity contribution in [3.63, 3.8) is 0 Å². The van der Waals surface area contributed by atoms with E-state index in [-0.39, 0.29) is 0 Å². The van der Waals surface area contributed by atoms with Crippen LogP contribution in [0.5, 0.6) is 0 Å². The Morgan fingerprint density at radius 1 is 1.25 bits per heavy atom. The summed E-state index contributed by atoms with van der Waals surface area (Å²) in [6, 6.07) is 7.12. The molecule has 0 aromatic heterocycles. The van der Waals surface area contributed by atoms with Crippen LogP contribution >= 0.6 is 0 Å². The van der Waals surface area contributed by atoms with Crippen LogP contribution in [-0.2, 0) is 4.79 Å². The molecule has 0 saturated carbocycles. The van der Waals surface area contributed by atoms with Gasteiger partial charge < -0.3 is 5.32 Å². The minimum atomic E-state index is -0.511. The van der Waals surface area contributed by atoms with Crippen molar-refractivity contribution in [3.8, 4) is 0 Å². The summed E-state index contributed by atoms with van der Waals surface area (Å²) in [5, 5.41) is 2.62. The molecule has 1 rings (SSSR count). The van der Waals surface area contributed by atoms with Crippen molar-refractivity contribution in [2.24, 2.45) is 0 Å². The van der Waals surface area contributed by atoms with Crippen LogP contribution in [0.3, 0.4) is 0 Å². The van der Waals surface area contributed by atoms with E-state index >= 15 is 0 Å². The Morgan fingerprint density at radius 3 is 2.56 bits per heavy atom. The van der Waals surface area contributed by atoms with Crippen molar-refractivity contribution in [1.29, 1.82) is 0 Å². The molecular weight excluding hydrogens is 202 g/mol. The van der Waals surface area contributed by atoms with Crippen LogP contribution in [-0.4, -0.2) is 18.2 Å². The van der Waals surface area contributed by atoms with Crippen LogP contribution in [0.15, 0.2) is 24.3 Å². The molecule has 3 heteroatoms. The second kappa shape index (κ2) is 6.05. The molecule has 1 N–H and O–H groups in total. The lowest BCUT2D eigenvalue weighted by Gasteiger charge is -2.05. The molecule has 1 aromatic carbocycles. The fourth-order valence-electron chi connectivity index (χ4n) is 1.41. The van der Waals surface area contributed by atoms with Crippen molar-refractivity contribution in [2.45, 2.75) is 26.7 Å². The number of carbonyl (C=O) groups excluding carboxylic acids is 2. The summed E-state index contributed by atoms with van der Waals surface area (Å²) in [5.74, 6) is -0.961. The van der Waals surface area contributed by atoms with Gasteiger partial charge in [-0.15, -0.1) is 0 Å². The van der Waals surface area contributed by atoms with E-state index in [0.717, 1.165) is 18.4 Å². The fourth-order valence-corrected chi connectivity index (χ4v) is 1.41. The summed E-state index contributed by atoms with van der Waals surface area (Å²) in [5.41, 5.74) is 1.31. The Kier molecular flexibility index (Phi) is 4.70. The van der Waals surface area contributed by atoms with Crippen molar-refractivity contribution in [2.75, 3.05) is 6.54 Å². The van der Waals surface area contributed by atoms with Gasteiger partial charge in [0, 0.05) is 12.1 Å². The molecule has 0 atom stereocenters. The molecule has 0 saturated heterocycles. The standard InChI is InChI=1S/C13H17NO2/c1-3-4-9-14-13(16)12(15)11-8-6-5-7-10(11)2/h5-8H,3-4,9H2,1-2H3,(H,14,16). The Labute approximate surface area is 95.9 Å². The van der Waals surface area contributed by atoms with E-state index in [1.54, 1.807) is 12.1 Å². The molecule has 0 aliphatic rings. The first kappa shape index (κ1) is 12.4. The highest BCUT2D eigenvalue weighted by atomic mass is 16.2. The largest absolute Gasteiger partial charge is 0.349 e. The minimum Gasteiger partial charge on any atom is -0.349 e. The zero-order chi connectivity index (χ0) is 12.0. The van der Waals surface area contributed by atoms with Gasteiger partial charge in [0.05, 0.1) is 0 Å². The highest BCUT2D eigenvalue weighted by molar-refractivity contribution is 6.43. The first-order valence-electron chi connectivity index (χ1n) is 5.55. The lowest BCUT2D eigenvalue weighted by Crippen LogP contribution is -2.32. The maximum absolute atomic E-state index is 11.7. The Morgan fingerprint density at radius 2 is 1.94 bits per heavy atom. The minimum absolute atomic E-state index is 0.450. The van der Waals surface area contributed by atoms with Crippen LogP contribution < -0.4 is 5.32 Å². The molecule has 0 unspecified atom stereocenters. The SMILES string of the molecule is CCCCNC(=O)C(=O)c1ccccc1C. The molecule has 0 heterocycles. The maximum atomic E-state index is 11.7. The van der Waals surface area contributed by atoms with Gasteiger partial charge in [-0.3, -0.25) is 9.59 Å². The number of hydrogen-bond donors (Lipinski definition) is 1. The molecular formula is C13H17NO2. The fraction of sp³-hybridized carbons (Fsp3) is 0.385. The molecule has 0 aliphatic carbocycles. The van der Waals surface area contributed by atoms with Gasteiger partial charge in [-0.05, 0) is 18.9 Å². The van der Waals surface area contributed by atoms with Crippen LogP contribution in [0.4, 0.5) is 0 Å². The number of rotatable bonds is 5. The monoisotopic (exact) mass is 219 g/mol. The van der Waals surface area contributed by atoms with Gasteiger partial charge in [-0.25, -0.2) is 0 Å². The highest BCUT2D eigenvalue weighted by Crippen LogP contribution is 2.07. The van der Waals surface area contributed by atoms with Gasteiger partial charge in [0.25, 0.3) is 5.91 Å². The first-order chi connectivity index (χ1) is 7.66. The van der Waals surface area contributed by atoms with Crippen LogP contribution in [0.2, 0.25) is 0 Å². The topological polar surface area (TPSA) is 46.2 Å². The normalized spacial score (nSPS) is 9.88. The van der Waals surface area contributed by atoms with Crippen LogP contribution in [0.25, 0.3) is 0 Å². The van der Waals surface area contributed by atoms with Crippen molar-refractivity contribution in [1.82, 2.24) is 5.32 Å². The van der Waals surface area contributed by atoms with Gasteiger partial charge >= 0.3 is 0 Å². The second-order valence-corrected chi connectivity index (χ2v) is 3.75. The smallest absolute Gasteiger partial charge is 0.292 e. The van der Waals surface area contributed by atoms with E-state index in [1.165, 1.54) is 0 Å². The van der Waals surface area contributed by atoms with Gasteiger partial charge in [0.2, 0.25) is 5.78 Å². The van der Waals surface area contributed by atoms with E-state index < -0.39 is 11.7 Å². The quantitative estimate of drug-likeness (QED) is 0.468. The van der Waals surface area contributed by atoms with Gasteiger partial charge in [-0.2, -0.15) is 0 Å². The average Bonchev–Trinajstić information content (AvgIpc) is 2.29. The number of hydrogen-bond acceptors (Lipinski definition) is 2. The highest BCUT2D eigenvalue weighted by Gasteiger charge is 2.16. The molecule has 1 amide bonds. The third kappa shape index (κ3) is 3.19. The van der Waals surface area contributed by atoms with Gasteiger partial charge in [-0.1, -0.05) is 37.6 Å². The number of nitrogens with one attached hydrogen (secondary N) is 1. The van der Waals surface area contributed by atoms with Crippen molar-refractivity contribution in [3.05, 3.63) is 35.4 Å². The molecule has 16 heavy (non-hydrogen) atoms. The van der Waals surface area contributed by atoms with Gasteiger partial charge in [0.1, 0.15) is 0 Å². The average molecular weight is 219 g/mol. The van der Waals surface area contributed by atoms with Crippen molar-refractivity contribution >= 4 is 11.7 Å². The lowest BCUT2D eigenvalue weighted by atomic mass is 10.0. The third-order valence-corrected chi connectivity index (χ3v) is 2.41. The summed E-state index contributed by atoms with van der Waals surface area (Å²) in [7, 11) is 0. The predicted molar refractivity (Wildman–Crippen MR) is 63.4 cm³/mol. The molecule has 86 valence electrons. The Balaban J connectivity index is 2.64. The zero-order valence-corrected chi connectivity index (χ0v) is 9.75. The van der Waals surface area contributed by atoms with E-state index in [9.17, 15) is 9.59 Å². The molecule has 0 bridgehead atoms. The molecule has 0 aliphatic heterocycles. The molecule has 0 fully saturated rings. The van der Waals surface area contributed by atoms with E-state index in [2.05, 4.69) is 5.32 Å². The zero-order valence-electron chi connectivity index (χ0n) is 9.75. The van der Waals surface area contributed by atoms with E-state index in [0.29, 0.717) is 12.1 Å². The lowest BCUT2D eigenvalue weighted by molar-refractivity contribution is -0.117. The maximum Gasteiger partial charge on any atom is 0.292 e. The predicted octanol–water partition coefficient (Wildman–Crippen LogP) is 2.09. The number of aryl methyl sites for hydroxylation is 1. The molecule has 3 nitrogen and oxygen atoms in total. The third-order valence-electron chi connectivity index (χ3n) is 2.41. The van der Waals surface area contributed by atoms with E-state index in [1.807, 2.05) is 26.0 Å². The number of carbonyl (C=O) groups is 2. The summed E-state index contributed by atoms with van der Waals surface area (Å²) >= 11 is 0. The number of amides is 1. The molecule has 1 aromatic rings. The Bertz CT molecular complexity index is 385. The van der Waals surface area contributed by atoms with Crippen LogP contribution in [0, 0.1) is 6.92 Å². The Hall–Kier alpha value is -1.64. The number of ketones is 1. The van der Waals surface area contributed by atoms with Crippen LogP contribution in [0.1, 0.15) is 35.7 Å². The summed E-state index contributed by atoms with van der Waals surface area (Å²) in [6.07, 6.45) is 1.89. The first-order valence-corrected chi connectivity index (χ1v) is 5.55.